The summed E-state index contributed by atoms with van der Waals surface area (Å²) in [6.45, 7) is -0.259. The van der Waals surface area contributed by atoms with Crippen molar-refractivity contribution in [3.63, 3.8) is 0 Å². The molecular formula is C16H12F3N3O2. The van der Waals surface area contributed by atoms with Crippen molar-refractivity contribution in [3.05, 3.63) is 70.3 Å². The number of nitrogens with zero attached hydrogens (tertiary/aromatic N) is 3. The van der Waals surface area contributed by atoms with Crippen molar-refractivity contribution in [2.45, 2.75) is 18.8 Å². The minimum Gasteiger partial charge on any atom is -0.386 e. The van der Waals surface area contributed by atoms with Gasteiger partial charge in [-0.1, -0.05) is 12.1 Å². The van der Waals surface area contributed by atoms with Gasteiger partial charge in [0.15, 0.2) is 0 Å². The predicted molar refractivity (Wildman–Crippen MR) is 80.2 cm³/mol. The van der Waals surface area contributed by atoms with Crippen LogP contribution in [-0.2, 0) is 12.7 Å². The van der Waals surface area contributed by atoms with Crippen LogP contribution in [0.1, 0.15) is 17.2 Å². The Morgan fingerprint density at radius 3 is 2.75 bits per heavy atom. The second-order valence-electron chi connectivity index (χ2n) is 5.21. The summed E-state index contributed by atoms with van der Waals surface area (Å²) in [6.07, 6.45) is -2.91. The normalized spacial score (nSPS) is 13.2. The standard InChI is InChI=1S/C16H12F3N3O2/c17-16(18,19)11-4-1-3-10(7-11)14(23)9-22-15(24)12-5-2-6-20-13(12)8-21-22/h1-8,14,23H,9H2/t14-/m0/s1. The number of hydrogen-bond acceptors (Lipinski definition) is 4. The Balaban J connectivity index is 1.92. The molecule has 2 heterocycles. The first-order chi connectivity index (χ1) is 11.4. The molecule has 0 aliphatic rings. The monoisotopic (exact) mass is 335 g/mol. The first-order valence-electron chi connectivity index (χ1n) is 7.02. The second kappa shape index (κ2) is 6.04. The van der Waals surface area contributed by atoms with E-state index in [2.05, 4.69) is 10.1 Å². The highest BCUT2D eigenvalue weighted by molar-refractivity contribution is 5.75. The summed E-state index contributed by atoms with van der Waals surface area (Å²) in [5.41, 5.74) is -0.856. The summed E-state index contributed by atoms with van der Waals surface area (Å²) in [6, 6.07) is 7.52. The summed E-state index contributed by atoms with van der Waals surface area (Å²) < 4.78 is 39.2. The third kappa shape index (κ3) is 3.13. The van der Waals surface area contributed by atoms with Gasteiger partial charge in [-0.05, 0) is 29.8 Å². The molecule has 0 fully saturated rings. The zero-order chi connectivity index (χ0) is 17.3. The maximum Gasteiger partial charge on any atom is 0.416 e. The fraction of sp³-hybridized carbons (Fsp3) is 0.188. The maximum atomic E-state index is 12.7. The molecule has 1 N–H and O–H groups in total. The molecule has 0 saturated heterocycles. The Morgan fingerprint density at radius 1 is 1.21 bits per heavy atom. The lowest BCUT2D eigenvalue weighted by Crippen LogP contribution is -2.26. The third-order valence-corrected chi connectivity index (χ3v) is 3.57. The third-order valence-electron chi connectivity index (χ3n) is 3.57. The van der Waals surface area contributed by atoms with Crippen LogP contribution in [0, 0.1) is 0 Å². The molecule has 0 unspecified atom stereocenters. The molecule has 124 valence electrons. The molecule has 2 aromatic heterocycles. The van der Waals surface area contributed by atoms with E-state index in [1.54, 1.807) is 12.1 Å². The molecule has 0 amide bonds. The van der Waals surface area contributed by atoms with Crippen LogP contribution in [0.5, 0.6) is 0 Å². The lowest BCUT2D eigenvalue weighted by molar-refractivity contribution is -0.137. The highest BCUT2D eigenvalue weighted by Crippen LogP contribution is 2.30. The van der Waals surface area contributed by atoms with Crippen molar-refractivity contribution in [2.24, 2.45) is 0 Å². The van der Waals surface area contributed by atoms with Gasteiger partial charge >= 0.3 is 6.18 Å². The Morgan fingerprint density at radius 2 is 2.00 bits per heavy atom. The van der Waals surface area contributed by atoms with Crippen molar-refractivity contribution in [1.29, 1.82) is 0 Å². The van der Waals surface area contributed by atoms with E-state index in [-0.39, 0.29) is 12.1 Å². The van der Waals surface area contributed by atoms with Gasteiger partial charge in [0.2, 0.25) is 0 Å². The van der Waals surface area contributed by atoms with Gasteiger partial charge in [0, 0.05) is 6.20 Å². The van der Waals surface area contributed by atoms with Gasteiger partial charge in [-0.3, -0.25) is 9.78 Å². The van der Waals surface area contributed by atoms with E-state index in [1.807, 2.05) is 0 Å². The Labute approximate surface area is 134 Å². The van der Waals surface area contributed by atoms with Gasteiger partial charge in [-0.15, -0.1) is 0 Å². The Kier molecular flexibility index (Phi) is 4.06. The molecule has 24 heavy (non-hydrogen) atoms. The van der Waals surface area contributed by atoms with Gasteiger partial charge in [0.25, 0.3) is 5.56 Å². The minimum absolute atomic E-state index is 0.0600. The van der Waals surface area contributed by atoms with Gasteiger partial charge in [0.05, 0.1) is 35.3 Å². The van der Waals surface area contributed by atoms with Crippen molar-refractivity contribution >= 4 is 10.9 Å². The number of rotatable bonds is 3. The van der Waals surface area contributed by atoms with Crippen molar-refractivity contribution in [3.8, 4) is 0 Å². The topological polar surface area (TPSA) is 68.0 Å². The van der Waals surface area contributed by atoms with E-state index in [4.69, 9.17) is 0 Å². The number of fused-ring (bicyclic) bond motifs is 1. The zero-order valence-electron chi connectivity index (χ0n) is 12.2. The van der Waals surface area contributed by atoms with Crippen LogP contribution in [0.3, 0.4) is 0 Å². The van der Waals surface area contributed by atoms with Gasteiger partial charge in [-0.25, -0.2) is 4.68 Å². The highest BCUT2D eigenvalue weighted by atomic mass is 19.4. The lowest BCUT2D eigenvalue weighted by atomic mass is 10.1. The molecule has 0 spiro atoms. The summed E-state index contributed by atoms with van der Waals surface area (Å²) >= 11 is 0. The van der Waals surface area contributed by atoms with Crippen molar-refractivity contribution in [2.75, 3.05) is 0 Å². The van der Waals surface area contributed by atoms with Crippen molar-refractivity contribution < 1.29 is 18.3 Å². The predicted octanol–water partition coefficient (Wildman–Crippen LogP) is 2.54. The number of hydrogen-bond donors (Lipinski definition) is 1. The number of aliphatic hydroxyl groups excluding tert-OH is 1. The van der Waals surface area contributed by atoms with Crippen LogP contribution in [0.25, 0.3) is 10.9 Å². The van der Waals surface area contributed by atoms with E-state index in [0.717, 1.165) is 16.8 Å². The second-order valence-corrected chi connectivity index (χ2v) is 5.21. The highest BCUT2D eigenvalue weighted by Gasteiger charge is 2.30. The zero-order valence-corrected chi connectivity index (χ0v) is 12.2. The van der Waals surface area contributed by atoms with E-state index < -0.39 is 23.4 Å². The molecule has 0 aliphatic carbocycles. The molecule has 0 aliphatic heterocycles. The van der Waals surface area contributed by atoms with E-state index in [1.165, 1.54) is 24.5 Å². The largest absolute Gasteiger partial charge is 0.416 e. The van der Waals surface area contributed by atoms with E-state index in [0.29, 0.717) is 10.9 Å². The molecular weight excluding hydrogens is 323 g/mol. The molecule has 3 aromatic rings. The van der Waals surface area contributed by atoms with Crippen molar-refractivity contribution in [1.82, 2.24) is 14.8 Å². The summed E-state index contributed by atoms with van der Waals surface area (Å²) in [5, 5.41) is 14.4. The smallest absolute Gasteiger partial charge is 0.386 e. The molecule has 0 saturated carbocycles. The van der Waals surface area contributed by atoms with Gasteiger partial charge < -0.3 is 5.11 Å². The van der Waals surface area contributed by atoms with Crippen LogP contribution < -0.4 is 5.56 Å². The molecule has 1 aromatic carbocycles. The fourth-order valence-electron chi connectivity index (χ4n) is 2.34. The van der Waals surface area contributed by atoms with Crippen LogP contribution >= 0.6 is 0 Å². The molecule has 1 atom stereocenters. The number of aliphatic hydroxyl groups is 1. The first-order valence-corrected chi connectivity index (χ1v) is 7.02. The number of pyridine rings is 1. The first kappa shape index (κ1) is 16.1. The van der Waals surface area contributed by atoms with E-state index >= 15 is 0 Å². The average Bonchev–Trinajstić information content (AvgIpc) is 2.57. The summed E-state index contributed by atoms with van der Waals surface area (Å²) in [5.74, 6) is 0. The quantitative estimate of drug-likeness (QED) is 0.799. The summed E-state index contributed by atoms with van der Waals surface area (Å²) in [4.78, 5) is 16.3. The van der Waals surface area contributed by atoms with Crippen LogP contribution in [0.2, 0.25) is 0 Å². The number of aromatic nitrogens is 3. The Bertz CT molecular complexity index is 937. The fourth-order valence-corrected chi connectivity index (χ4v) is 2.34. The van der Waals surface area contributed by atoms with Gasteiger partial charge in [0.1, 0.15) is 0 Å². The van der Waals surface area contributed by atoms with Crippen LogP contribution in [0.4, 0.5) is 13.2 Å². The SMILES string of the molecule is O=c1c2cccnc2cnn1C[C@H](O)c1cccc(C(F)(F)F)c1. The molecule has 0 bridgehead atoms. The Hall–Kier alpha value is -2.74. The lowest BCUT2D eigenvalue weighted by Gasteiger charge is -2.14. The molecule has 0 radical (unpaired) electrons. The maximum absolute atomic E-state index is 12.7. The molecule has 8 heteroatoms. The number of benzene rings is 1. The van der Waals surface area contributed by atoms with Crippen LogP contribution in [0.15, 0.2) is 53.6 Å². The number of alkyl halides is 3. The average molecular weight is 335 g/mol. The minimum atomic E-state index is -4.50. The molecule has 3 rings (SSSR count). The van der Waals surface area contributed by atoms with Crippen LogP contribution in [-0.4, -0.2) is 19.9 Å². The number of halogens is 3. The van der Waals surface area contributed by atoms with Gasteiger partial charge in [-0.2, -0.15) is 18.3 Å². The summed E-state index contributed by atoms with van der Waals surface area (Å²) in [7, 11) is 0. The molecule has 5 nitrogen and oxygen atoms in total. The van der Waals surface area contributed by atoms with E-state index in [9.17, 15) is 23.1 Å².